The number of fused-ring (bicyclic) bond motifs is 1. The number of pyridine rings is 1. The summed E-state index contributed by atoms with van der Waals surface area (Å²) in [7, 11) is -1.10. The second-order valence-electron chi connectivity index (χ2n) is 10.9. The fourth-order valence-electron chi connectivity index (χ4n) is 4.75. The monoisotopic (exact) mass is 478 g/mol. The smallest absolute Gasteiger partial charge is 0.142 e. The van der Waals surface area contributed by atoms with Gasteiger partial charge in [-0.3, -0.25) is 9.58 Å². The van der Waals surface area contributed by atoms with Gasteiger partial charge in [0.05, 0.1) is 18.2 Å². The summed E-state index contributed by atoms with van der Waals surface area (Å²) in [6.07, 6.45) is 8.93. The first-order valence-electron chi connectivity index (χ1n) is 12.4. The molecule has 0 aliphatic carbocycles. The molecule has 0 unspecified atom stereocenters. The highest BCUT2D eigenvalue weighted by atomic mass is 28.3. The van der Waals surface area contributed by atoms with E-state index in [0.29, 0.717) is 13.2 Å². The Bertz CT molecular complexity index is 1160. The van der Waals surface area contributed by atoms with Crippen LogP contribution in [0.5, 0.6) is 0 Å². The van der Waals surface area contributed by atoms with Crippen molar-refractivity contribution in [2.75, 3.05) is 26.2 Å². The molecule has 0 saturated carbocycles. The lowest BCUT2D eigenvalue weighted by Crippen LogP contribution is -2.62. The molecule has 4 rings (SSSR count). The number of unbranched alkanes of at least 4 members (excludes halogenated alkanes) is 1. The minimum absolute atomic E-state index is 0.228. The number of aryl methyl sites for hydroxylation is 1. The summed E-state index contributed by atoms with van der Waals surface area (Å²) in [5.74, 6) is 0. The van der Waals surface area contributed by atoms with Crippen molar-refractivity contribution in [3.63, 3.8) is 0 Å². The second kappa shape index (κ2) is 10.0. The van der Waals surface area contributed by atoms with Crippen molar-refractivity contribution in [1.29, 1.82) is 5.26 Å². The molecule has 7 nitrogen and oxygen atoms in total. The number of aromatic nitrogens is 4. The van der Waals surface area contributed by atoms with Gasteiger partial charge in [0.15, 0.2) is 0 Å². The molecule has 182 valence electrons. The van der Waals surface area contributed by atoms with Crippen LogP contribution >= 0.6 is 0 Å². The highest BCUT2D eigenvalue weighted by molar-refractivity contribution is 6.76. The Morgan fingerprint density at radius 3 is 2.71 bits per heavy atom. The second-order valence-corrected chi connectivity index (χ2v) is 16.5. The molecule has 1 aliphatic heterocycles. The van der Waals surface area contributed by atoms with Crippen molar-refractivity contribution in [3.05, 3.63) is 36.4 Å². The van der Waals surface area contributed by atoms with Crippen LogP contribution in [0.3, 0.4) is 0 Å². The number of ether oxygens (including phenoxy) is 1. The minimum Gasteiger partial charge on any atom is -0.361 e. The Morgan fingerprint density at radius 2 is 2.00 bits per heavy atom. The molecule has 4 heterocycles. The number of nitriles is 1. The lowest BCUT2D eigenvalue weighted by molar-refractivity contribution is 0.00441. The van der Waals surface area contributed by atoms with Crippen molar-refractivity contribution < 1.29 is 4.74 Å². The zero-order valence-electron chi connectivity index (χ0n) is 21.3. The Kier molecular flexibility index (Phi) is 7.27. The van der Waals surface area contributed by atoms with E-state index in [2.05, 4.69) is 83.2 Å². The quantitative estimate of drug-likeness (QED) is 0.278. The van der Waals surface area contributed by atoms with E-state index >= 15 is 0 Å². The third kappa shape index (κ3) is 5.12. The molecule has 1 aliphatic rings. The molecule has 0 spiro atoms. The van der Waals surface area contributed by atoms with Crippen molar-refractivity contribution in [3.8, 4) is 17.2 Å². The average Bonchev–Trinajstić information content (AvgIpc) is 3.35. The summed E-state index contributed by atoms with van der Waals surface area (Å²) in [6.45, 7) is 15.5. The number of likely N-dealkylation sites (tertiary alicyclic amines) is 1. The predicted molar refractivity (Wildman–Crippen MR) is 139 cm³/mol. The molecular weight excluding hydrogens is 440 g/mol. The lowest BCUT2D eigenvalue weighted by atomic mass is 9.86. The Balaban J connectivity index is 1.56. The van der Waals surface area contributed by atoms with Gasteiger partial charge in [0.2, 0.25) is 0 Å². The van der Waals surface area contributed by atoms with Crippen LogP contribution in [0.15, 0.2) is 30.7 Å². The maximum Gasteiger partial charge on any atom is 0.142 e. The first-order chi connectivity index (χ1) is 16.3. The number of hydrogen-bond acceptors (Lipinski definition) is 5. The van der Waals surface area contributed by atoms with Crippen LogP contribution in [0.4, 0.5) is 0 Å². The summed E-state index contributed by atoms with van der Waals surface area (Å²) in [6, 6.07) is 7.75. The molecule has 0 aromatic carbocycles. The average molecular weight is 479 g/mol. The molecular formula is C26H38N6OSi. The van der Waals surface area contributed by atoms with Gasteiger partial charge in [-0.25, -0.2) is 4.98 Å². The molecule has 3 aromatic heterocycles. The van der Waals surface area contributed by atoms with Gasteiger partial charge in [-0.1, -0.05) is 33.0 Å². The standard InChI is InChI=1S/C26H38N6OSi/c1-6-7-13-30-18-26(19-30,10-11-27)32-17-24(21(2)29-32)22-8-12-28-25-23(22)9-14-31(25)20-33-15-16-34(3,4)5/h8-9,12,14,17H,6-7,10,13,15-16,18-20H2,1-5H3. The van der Waals surface area contributed by atoms with Gasteiger partial charge < -0.3 is 9.30 Å². The van der Waals surface area contributed by atoms with Crippen LogP contribution < -0.4 is 0 Å². The molecule has 34 heavy (non-hydrogen) atoms. The molecule has 3 aromatic rings. The fraction of sp³-hybridized carbons (Fsp3) is 0.577. The van der Waals surface area contributed by atoms with Gasteiger partial charge in [-0.2, -0.15) is 10.4 Å². The molecule has 0 bridgehead atoms. The van der Waals surface area contributed by atoms with Crippen molar-refractivity contribution in [2.24, 2.45) is 0 Å². The van der Waals surface area contributed by atoms with E-state index in [1.165, 1.54) is 12.8 Å². The molecule has 0 N–H and O–H groups in total. The first kappa shape index (κ1) is 24.6. The molecule has 1 fully saturated rings. The van der Waals surface area contributed by atoms with Crippen molar-refractivity contribution in [2.45, 2.75) is 71.1 Å². The van der Waals surface area contributed by atoms with Crippen LogP contribution in [-0.2, 0) is 17.0 Å². The number of hydrogen-bond donors (Lipinski definition) is 0. The fourth-order valence-corrected chi connectivity index (χ4v) is 5.51. The van der Waals surface area contributed by atoms with Gasteiger partial charge in [0.1, 0.15) is 17.9 Å². The third-order valence-electron chi connectivity index (χ3n) is 6.84. The van der Waals surface area contributed by atoms with Crippen LogP contribution in [-0.4, -0.2) is 58.5 Å². The summed E-state index contributed by atoms with van der Waals surface area (Å²) < 4.78 is 10.1. The molecule has 8 heteroatoms. The maximum absolute atomic E-state index is 9.53. The number of nitrogens with zero attached hydrogens (tertiary/aromatic N) is 6. The SMILES string of the molecule is CCCCN1CC(CC#N)(n2cc(-c3ccnc4c3ccn4COCC[Si](C)(C)C)c(C)n2)C1. The van der Waals surface area contributed by atoms with Crippen LogP contribution in [0.1, 0.15) is 31.9 Å². The lowest BCUT2D eigenvalue weighted by Gasteiger charge is -2.49. The summed E-state index contributed by atoms with van der Waals surface area (Å²) in [4.78, 5) is 7.08. The molecule has 1 saturated heterocycles. The van der Waals surface area contributed by atoms with E-state index in [9.17, 15) is 5.26 Å². The van der Waals surface area contributed by atoms with Gasteiger partial charge in [0, 0.05) is 57.3 Å². The highest BCUT2D eigenvalue weighted by Gasteiger charge is 2.45. The largest absolute Gasteiger partial charge is 0.361 e. The minimum atomic E-state index is -1.10. The van der Waals surface area contributed by atoms with Crippen molar-refractivity contribution >= 4 is 19.1 Å². The van der Waals surface area contributed by atoms with Gasteiger partial charge >= 0.3 is 0 Å². The molecule has 0 amide bonds. The zero-order chi connectivity index (χ0) is 24.3. The zero-order valence-corrected chi connectivity index (χ0v) is 22.3. The summed E-state index contributed by atoms with van der Waals surface area (Å²) >= 11 is 0. The molecule has 0 radical (unpaired) electrons. The van der Waals surface area contributed by atoms with E-state index in [1.807, 2.05) is 6.20 Å². The number of rotatable bonds is 11. The topological polar surface area (TPSA) is 71.9 Å². The Labute approximate surface area is 204 Å². The van der Waals surface area contributed by atoms with Crippen LogP contribution in [0.25, 0.3) is 22.2 Å². The van der Waals surface area contributed by atoms with Gasteiger partial charge in [-0.05, 0) is 43.6 Å². The van der Waals surface area contributed by atoms with Gasteiger partial charge in [0.25, 0.3) is 0 Å². The Hall–Kier alpha value is -2.47. The molecule has 0 atom stereocenters. The normalized spacial score (nSPS) is 16.0. The summed E-state index contributed by atoms with van der Waals surface area (Å²) in [5.41, 5.74) is 3.92. The first-order valence-corrected chi connectivity index (χ1v) is 16.1. The van der Waals surface area contributed by atoms with E-state index in [-0.39, 0.29) is 5.54 Å². The maximum atomic E-state index is 9.53. The van der Waals surface area contributed by atoms with Gasteiger partial charge in [-0.15, -0.1) is 0 Å². The van der Waals surface area contributed by atoms with E-state index in [4.69, 9.17) is 9.84 Å². The van der Waals surface area contributed by atoms with Crippen LogP contribution in [0.2, 0.25) is 25.7 Å². The Morgan fingerprint density at radius 1 is 1.21 bits per heavy atom. The summed E-state index contributed by atoms with van der Waals surface area (Å²) in [5, 5.41) is 15.5. The third-order valence-corrected chi connectivity index (χ3v) is 8.54. The van der Waals surface area contributed by atoms with Crippen LogP contribution in [0, 0.1) is 18.3 Å². The van der Waals surface area contributed by atoms with E-state index in [1.54, 1.807) is 0 Å². The van der Waals surface area contributed by atoms with E-state index in [0.717, 1.165) is 60.1 Å². The van der Waals surface area contributed by atoms with E-state index < -0.39 is 8.07 Å². The predicted octanol–water partition coefficient (Wildman–Crippen LogP) is 5.25. The highest BCUT2D eigenvalue weighted by Crippen LogP contribution is 2.36. The van der Waals surface area contributed by atoms with Crippen molar-refractivity contribution in [1.82, 2.24) is 24.2 Å².